The van der Waals surface area contributed by atoms with Crippen LogP contribution in [0.25, 0.3) is 10.9 Å². The molecule has 0 saturated carbocycles. The van der Waals surface area contributed by atoms with Gasteiger partial charge >= 0.3 is 0 Å². The van der Waals surface area contributed by atoms with E-state index in [9.17, 15) is 9.59 Å². The summed E-state index contributed by atoms with van der Waals surface area (Å²) in [6, 6.07) is 9.76. The number of aromatic nitrogens is 1. The van der Waals surface area contributed by atoms with Crippen LogP contribution >= 0.6 is 23.1 Å². The third kappa shape index (κ3) is 3.69. The van der Waals surface area contributed by atoms with E-state index >= 15 is 0 Å². The predicted octanol–water partition coefficient (Wildman–Crippen LogP) is 3.20. The second kappa shape index (κ2) is 7.67. The Balaban J connectivity index is 1.50. The Kier molecular flexibility index (Phi) is 5.11. The van der Waals surface area contributed by atoms with Crippen LogP contribution < -0.4 is 11.1 Å². The molecule has 1 aliphatic rings. The fourth-order valence-corrected chi connectivity index (χ4v) is 5.13. The lowest BCUT2D eigenvalue weighted by Crippen LogP contribution is -2.20. The highest BCUT2D eigenvalue weighted by atomic mass is 32.2. The number of primary amides is 1. The number of fused-ring (bicyclic) bond motifs is 2. The quantitative estimate of drug-likeness (QED) is 0.643. The van der Waals surface area contributed by atoms with Gasteiger partial charge in [-0.3, -0.25) is 14.6 Å². The number of para-hydroxylation sites is 1. The van der Waals surface area contributed by atoms with Gasteiger partial charge in [-0.1, -0.05) is 18.2 Å². The number of carbonyl (C=O) groups is 2. The largest absolute Gasteiger partial charge is 0.376 e. The molecule has 3 aromatic rings. The van der Waals surface area contributed by atoms with E-state index in [2.05, 4.69) is 10.3 Å². The van der Waals surface area contributed by atoms with Crippen molar-refractivity contribution in [2.75, 3.05) is 17.7 Å². The molecule has 0 spiro atoms. The lowest BCUT2D eigenvalue weighted by molar-refractivity contribution is -0.113. The number of thioether (sulfide) groups is 1. The number of pyridine rings is 1. The Bertz CT molecular complexity index is 1030. The van der Waals surface area contributed by atoms with Gasteiger partial charge in [0, 0.05) is 21.4 Å². The number of rotatable bonds is 5. The molecule has 2 amide bonds. The first-order chi connectivity index (χ1) is 13.1. The molecule has 0 atom stereocenters. The van der Waals surface area contributed by atoms with Crippen LogP contribution in [-0.4, -0.2) is 29.2 Å². The van der Waals surface area contributed by atoms with Gasteiger partial charge in [0.2, 0.25) is 5.91 Å². The fourth-order valence-electron chi connectivity index (χ4n) is 3.08. The predicted molar refractivity (Wildman–Crippen MR) is 107 cm³/mol. The summed E-state index contributed by atoms with van der Waals surface area (Å²) in [5.74, 6) is -0.488. The number of ether oxygens (including phenoxy) is 1. The molecule has 3 N–H and O–H groups in total. The van der Waals surface area contributed by atoms with Crippen molar-refractivity contribution in [3.63, 3.8) is 0 Å². The first-order valence-electron chi connectivity index (χ1n) is 8.42. The molecule has 0 bridgehead atoms. The van der Waals surface area contributed by atoms with Gasteiger partial charge < -0.3 is 15.8 Å². The van der Waals surface area contributed by atoms with Crippen LogP contribution in [0.1, 0.15) is 20.8 Å². The second-order valence-corrected chi connectivity index (χ2v) is 8.17. The Morgan fingerprint density at radius 1 is 1.30 bits per heavy atom. The number of anilines is 1. The molecule has 138 valence electrons. The van der Waals surface area contributed by atoms with Crippen LogP contribution in [0, 0.1) is 0 Å². The summed E-state index contributed by atoms with van der Waals surface area (Å²) in [6.45, 7) is 1.01. The monoisotopic (exact) mass is 399 g/mol. The van der Waals surface area contributed by atoms with Gasteiger partial charge in [-0.2, -0.15) is 0 Å². The van der Waals surface area contributed by atoms with Crippen molar-refractivity contribution in [2.45, 2.75) is 17.9 Å². The average molecular weight is 399 g/mol. The highest BCUT2D eigenvalue weighted by molar-refractivity contribution is 8.00. The highest BCUT2D eigenvalue weighted by Crippen LogP contribution is 2.36. The van der Waals surface area contributed by atoms with E-state index < -0.39 is 5.91 Å². The van der Waals surface area contributed by atoms with Crippen molar-refractivity contribution in [1.82, 2.24) is 4.98 Å². The third-order valence-corrected chi connectivity index (χ3v) is 6.44. The zero-order chi connectivity index (χ0) is 18.8. The first-order valence-corrected chi connectivity index (χ1v) is 10.2. The van der Waals surface area contributed by atoms with Gasteiger partial charge in [0.05, 0.1) is 30.0 Å². The molecule has 0 aliphatic carbocycles. The number of thiophene rings is 1. The van der Waals surface area contributed by atoms with E-state index in [1.807, 2.05) is 30.3 Å². The minimum atomic E-state index is -0.518. The Morgan fingerprint density at radius 3 is 3.00 bits per heavy atom. The van der Waals surface area contributed by atoms with Crippen molar-refractivity contribution in [2.24, 2.45) is 5.73 Å². The Labute approximate surface area is 164 Å². The second-order valence-electron chi connectivity index (χ2n) is 6.04. The summed E-state index contributed by atoms with van der Waals surface area (Å²) in [6.07, 6.45) is 2.38. The number of amides is 2. The highest BCUT2D eigenvalue weighted by Gasteiger charge is 2.25. The van der Waals surface area contributed by atoms with Gasteiger partial charge in [0.25, 0.3) is 5.91 Å². The maximum absolute atomic E-state index is 12.5. The summed E-state index contributed by atoms with van der Waals surface area (Å²) < 4.78 is 5.43. The van der Waals surface area contributed by atoms with Crippen LogP contribution in [0.15, 0.2) is 41.4 Å². The van der Waals surface area contributed by atoms with E-state index in [-0.39, 0.29) is 11.7 Å². The Morgan fingerprint density at radius 2 is 2.15 bits per heavy atom. The summed E-state index contributed by atoms with van der Waals surface area (Å²) in [4.78, 5) is 30.7. The molecule has 3 heterocycles. The van der Waals surface area contributed by atoms with Crippen molar-refractivity contribution in [3.8, 4) is 0 Å². The van der Waals surface area contributed by atoms with Crippen LogP contribution in [0.2, 0.25) is 0 Å². The molecule has 0 fully saturated rings. The maximum atomic E-state index is 12.5. The normalized spacial score (nSPS) is 13.3. The van der Waals surface area contributed by atoms with Gasteiger partial charge in [-0.05, 0) is 24.1 Å². The van der Waals surface area contributed by atoms with Crippen molar-refractivity contribution in [1.29, 1.82) is 0 Å². The minimum absolute atomic E-state index is 0.185. The SMILES string of the molecule is NC(=O)c1c(NC(=O)CSc2cccc3cccnc23)sc2c1CCOC2. The van der Waals surface area contributed by atoms with E-state index in [0.717, 1.165) is 26.2 Å². The first kappa shape index (κ1) is 18.0. The number of hydrogen-bond donors (Lipinski definition) is 2. The van der Waals surface area contributed by atoms with Gasteiger partial charge in [-0.15, -0.1) is 23.1 Å². The molecular formula is C19H17N3O3S2. The average Bonchev–Trinajstić information content (AvgIpc) is 3.04. The zero-order valence-corrected chi connectivity index (χ0v) is 16.0. The molecule has 1 aliphatic heterocycles. The van der Waals surface area contributed by atoms with E-state index in [1.54, 1.807) is 6.20 Å². The van der Waals surface area contributed by atoms with Gasteiger partial charge in [0.1, 0.15) is 5.00 Å². The van der Waals surface area contributed by atoms with Crippen LogP contribution in [0.4, 0.5) is 5.00 Å². The van der Waals surface area contributed by atoms with E-state index in [4.69, 9.17) is 10.5 Å². The summed E-state index contributed by atoms with van der Waals surface area (Å²) in [7, 11) is 0. The molecular weight excluding hydrogens is 382 g/mol. The van der Waals surface area contributed by atoms with Crippen molar-refractivity contribution >= 4 is 50.8 Å². The lowest BCUT2D eigenvalue weighted by Gasteiger charge is -2.12. The zero-order valence-electron chi connectivity index (χ0n) is 14.4. The van der Waals surface area contributed by atoms with Crippen LogP contribution in [0.5, 0.6) is 0 Å². The molecule has 2 aromatic heterocycles. The molecule has 1 aromatic carbocycles. The number of nitrogens with two attached hydrogens (primary N) is 1. The van der Waals surface area contributed by atoms with Gasteiger partial charge in [0.15, 0.2) is 0 Å². The maximum Gasteiger partial charge on any atom is 0.251 e. The molecule has 27 heavy (non-hydrogen) atoms. The Hall–Kier alpha value is -2.42. The summed E-state index contributed by atoms with van der Waals surface area (Å²) in [5, 5.41) is 4.40. The van der Waals surface area contributed by atoms with Gasteiger partial charge in [-0.25, -0.2) is 0 Å². The van der Waals surface area contributed by atoms with E-state index in [1.165, 1.54) is 23.1 Å². The lowest BCUT2D eigenvalue weighted by atomic mass is 10.1. The summed E-state index contributed by atoms with van der Waals surface area (Å²) >= 11 is 2.78. The molecule has 0 saturated heterocycles. The smallest absolute Gasteiger partial charge is 0.251 e. The van der Waals surface area contributed by atoms with Crippen LogP contribution in [-0.2, 0) is 22.6 Å². The number of nitrogens with zero attached hydrogens (tertiary/aromatic N) is 1. The standard InChI is InChI=1S/C19H17N3O3S2/c20-18(24)16-12-6-8-25-9-14(12)27-19(16)22-15(23)10-26-13-5-1-3-11-4-2-7-21-17(11)13/h1-5,7H,6,8-10H2,(H2,20,24)(H,22,23). The molecule has 6 nitrogen and oxygen atoms in total. The number of hydrogen-bond acceptors (Lipinski definition) is 6. The van der Waals surface area contributed by atoms with Crippen molar-refractivity contribution < 1.29 is 14.3 Å². The topological polar surface area (TPSA) is 94.3 Å². The fraction of sp³-hybridized carbons (Fsp3) is 0.211. The van der Waals surface area contributed by atoms with Crippen LogP contribution in [0.3, 0.4) is 0 Å². The minimum Gasteiger partial charge on any atom is -0.376 e. The molecule has 0 unspecified atom stereocenters. The van der Waals surface area contributed by atoms with Crippen molar-refractivity contribution in [3.05, 3.63) is 52.5 Å². The number of carbonyl (C=O) groups excluding carboxylic acids is 2. The third-order valence-electron chi connectivity index (χ3n) is 4.27. The number of nitrogens with one attached hydrogen (secondary N) is 1. The summed E-state index contributed by atoms with van der Waals surface area (Å²) in [5.41, 5.74) is 7.75. The molecule has 8 heteroatoms. The molecule has 0 radical (unpaired) electrons. The molecule has 4 rings (SSSR count). The van der Waals surface area contributed by atoms with E-state index in [0.29, 0.717) is 30.2 Å². The number of benzene rings is 1.